The van der Waals surface area contributed by atoms with Gasteiger partial charge < -0.3 is 15.2 Å². The van der Waals surface area contributed by atoms with Crippen molar-refractivity contribution in [3.8, 4) is 0 Å². The van der Waals surface area contributed by atoms with E-state index in [1.807, 2.05) is 13.8 Å². The summed E-state index contributed by atoms with van der Waals surface area (Å²) in [5, 5.41) is 11.7. The molecular formula is C14H18F3NO3. The molecule has 0 aliphatic rings. The van der Waals surface area contributed by atoms with Crippen LogP contribution >= 0.6 is 0 Å². The second-order valence-corrected chi connectivity index (χ2v) is 4.96. The number of ether oxygens (including phenoxy) is 1. The van der Waals surface area contributed by atoms with Crippen molar-refractivity contribution in [2.24, 2.45) is 5.92 Å². The molecule has 0 aliphatic heterocycles. The minimum atomic E-state index is -4.69. The van der Waals surface area contributed by atoms with Gasteiger partial charge in [-0.1, -0.05) is 13.8 Å². The molecule has 0 amide bonds. The lowest BCUT2D eigenvalue weighted by atomic mass is 10.1. The van der Waals surface area contributed by atoms with Crippen molar-refractivity contribution in [3.05, 3.63) is 29.3 Å². The first-order valence-electron chi connectivity index (χ1n) is 6.48. The molecule has 0 bridgehead atoms. The van der Waals surface area contributed by atoms with Crippen LogP contribution in [0.3, 0.4) is 0 Å². The van der Waals surface area contributed by atoms with Gasteiger partial charge in [-0.05, 0) is 24.1 Å². The Hall–Kier alpha value is -1.76. The lowest BCUT2D eigenvalue weighted by Gasteiger charge is -2.13. The second-order valence-electron chi connectivity index (χ2n) is 4.96. The molecule has 4 nitrogen and oxygen atoms in total. The summed E-state index contributed by atoms with van der Waals surface area (Å²) in [6.45, 7) is 5.37. The van der Waals surface area contributed by atoms with Crippen molar-refractivity contribution in [3.63, 3.8) is 0 Å². The van der Waals surface area contributed by atoms with E-state index in [4.69, 9.17) is 9.84 Å². The number of hydrogen-bond acceptors (Lipinski definition) is 3. The number of benzene rings is 1. The van der Waals surface area contributed by atoms with Gasteiger partial charge in [0.05, 0.1) is 17.7 Å². The van der Waals surface area contributed by atoms with Gasteiger partial charge in [-0.15, -0.1) is 0 Å². The predicted molar refractivity (Wildman–Crippen MR) is 72.6 cm³/mol. The molecule has 0 radical (unpaired) electrons. The van der Waals surface area contributed by atoms with E-state index < -0.39 is 23.3 Å². The van der Waals surface area contributed by atoms with Crippen LogP contribution in [0.5, 0.6) is 0 Å². The maximum Gasteiger partial charge on any atom is 0.417 e. The Kier molecular flexibility index (Phi) is 6.02. The molecule has 0 unspecified atom stereocenters. The summed E-state index contributed by atoms with van der Waals surface area (Å²) in [7, 11) is 0. The smallest absolute Gasteiger partial charge is 0.417 e. The van der Waals surface area contributed by atoms with Crippen molar-refractivity contribution in [1.29, 1.82) is 0 Å². The molecule has 2 N–H and O–H groups in total. The van der Waals surface area contributed by atoms with Crippen LogP contribution in [0.15, 0.2) is 18.2 Å². The summed E-state index contributed by atoms with van der Waals surface area (Å²) >= 11 is 0. The van der Waals surface area contributed by atoms with Crippen LogP contribution in [0.4, 0.5) is 18.9 Å². The number of carboxylic acids is 1. The van der Waals surface area contributed by atoms with E-state index in [-0.39, 0.29) is 0 Å². The fourth-order valence-corrected chi connectivity index (χ4v) is 1.66. The molecule has 21 heavy (non-hydrogen) atoms. The number of nitrogens with one attached hydrogen (secondary N) is 1. The van der Waals surface area contributed by atoms with Crippen LogP contribution in [0, 0.1) is 5.92 Å². The molecule has 1 rings (SSSR count). The highest BCUT2D eigenvalue weighted by Gasteiger charge is 2.35. The van der Waals surface area contributed by atoms with E-state index in [1.54, 1.807) is 0 Å². The standard InChI is InChI=1S/C14H18F3NO3/c1-9(2)8-21-6-5-18-10-3-4-12(14(15,16)17)11(7-10)13(19)20/h3-4,7,9,18H,5-6,8H2,1-2H3,(H,19,20). The number of carbonyl (C=O) groups is 1. The topological polar surface area (TPSA) is 58.6 Å². The summed E-state index contributed by atoms with van der Waals surface area (Å²) in [5.41, 5.74) is -1.61. The lowest BCUT2D eigenvalue weighted by molar-refractivity contribution is -0.138. The maximum atomic E-state index is 12.7. The fourth-order valence-electron chi connectivity index (χ4n) is 1.66. The van der Waals surface area contributed by atoms with Crippen molar-refractivity contribution in [2.45, 2.75) is 20.0 Å². The number of alkyl halides is 3. The number of halogens is 3. The normalized spacial score (nSPS) is 11.7. The van der Waals surface area contributed by atoms with E-state index in [0.717, 1.165) is 12.1 Å². The molecule has 0 saturated heterocycles. The van der Waals surface area contributed by atoms with E-state index in [1.165, 1.54) is 6.07 Å². The van der Waals surface area contributed by atoms with Gasteiger partial charge in [-0.25, -0.2) is 4.79 Å². The third-order valence-electron chi connectivity index (χ3n) is 2.58. The van der Waals surface area contributed by atoms with Gasteiger partial charge in [0.1, 0.15) is 0 Å². The monoisotopic (exact) mass is 305 g/mol. The lowest BCUT2D eigenvalue weighted by Crippen LogP contribution is -2.15. The van der Waals surface area contributed by atoms with Crippen molar-refractivity contribution in [2.75, 3.05) is 25.1 Å². The first-order chi connectivity index (χ1) is 9.71. The number of aromatic carboxylic acids is 1. The molecule has 118 valence electrons. The SMILES string of the molecule is CC(C)COCCNc1ccc(C(F)(F)F)c(C(=O)O)c1. The summed E-state index contributed by atoms with van der Waals surface area (Å²) in [5.74, 6) is -1.21. The van der Waals surface area contributed by atoms with Crippen molar-refractivity contribution in [1.82, 2.24) is 0 Å². The molecule has 1 aromatic rings. The van der Waals surface area contributed by atoms with Crippen LogP contribution in [0.25, 0.3) is 0 Å². The average molecular weight is 305 g/mol. The van der Waals surface area contributed by atoms with E-state index in [9.17, 15) is 18.0 Å². The molecule has 0 fully saturated rings. The van der Waals surface area contributed by atoms with Gasteiger partial charge in [0, 0.05) is 18.8 Å². The highest BCUT2D eigenvalue weighted by molar-refractivity contribution is 5.91. The molecule has 0 atom stereocenters. The zero-order valence-corrected chi connectivity index (χ0v) is 11.8. The minimum Gasteiger partial charge on any atom is -0.478 e. The Bertz CT molecular complexity index is 487. The van der Waals surface area contributed by atoms with Gasteiger partial charge >= 0.3 is 12.1 Å². The first-order valence-corrected chi connectivity index (χ1v) is 6.48. The average Bonchev–Trinajstić information content (AvgIpc) is 2.36. The third kappa shape index (κ3) is 5.63. The largest absolute Gasteiger partial charge is 0.478 e. The Morgan fingerprint density at radius 1 is 1.38 bits per heavy atom. The summed E-state index contributed by atoms with van der Waals surface area (Å²) in [4.78, 5) is 10.9. The van der Waals surface area contributed by atoms with Gasteiger partial charge in [0.25, 0.3) is 0 Å². The molecule has 0 aromatic heterocycles. The van der Waals surface area contributed by atoms with Crippen LogP contribution in [0.1, 0.15) is 29.8 Å². The van der Waals surface area contributed by atoms with Gasteiger partial charge in [0.2, 0.25) is 0 Å². The quantitative estimate of drug-likeness (QED) is 0.757. The van der Waals surface area contributed by atoms with E-state index >= 15 is 0 Å². The van der Waals surface area contributed by atoms with Gasteiger partial charge in [-0.2, -0.15) is 13.2 Å². The number of hydrogen-bond donors (Lipinski definition) is 2. The van der Waals surface area contributed by atoms with Gasteiger partial charge in [0.15, 0.2) is 0 Å². The highest BCUT2D eigenvalue weighted by Crippen LogP contribution is 2.33. The fraction of sp³-hybridized carbons (Fsp3) is 0.500. The molecule has 1 aromatic carbocycles. The maximum absolute atomic E-state index is 12.7. The molecule has 7 heteroatoms. The molecule has 0 heterocycles. The van der Waals surface area contributed by atoms with Crippen molar-refractivity contribution < 1.29 is 27.8 Å². The van der Waals surface area contributed by atoms with E-state index in [0.29, 0.717) is 31.4 Å². The zero-order chi connectivity index (χ0) is 16.0. The third-order valence-corrected chi connectivity index (χ3v) is 2.58. The van der Waals surface area contributed by atoms with Gasteiger partial charge in [-0.3, -0.25) is 0 Å². The summed E-state index contributed by atoms with van der Waals surface area (Å²) in [6, 6.07) is 2.95. The second kappa shape index (κ2) is 7.31. The van der Waals surface area contributed by atoms with Crippen LogP contribution in [0.2, 0.25) is 0 Å². The molecule has 0 spiro atoms. The van der Waals surface area contributed by atoms with Crippen LogP contribution in [-0.4, -0.2) is 30.8 Å². The minimum absolute atomic E-state index is 0.313. The molecule has 0 aliphatic carbocycles. The highest BCUT2D eigenvalue weighted by atomic mass is 19.4. The number of rotatable bonds is 7. The zero-order valence-electron chi connectivity index (χ0n) is 11.8. The first kappa shape index (κ1) is 17.3. The molecule has 0 saturated carbocycles. The Morgan fingerprint density at radius 2 is 2.05 bits per heavy atom. The Labute approximate surface area is 120 Å². The summed E-state index contributed by atoms with van der Waals surface area (Å²) in [6.07, 6.45) is -4.69. The molecular weight excluding hydrogens is 287 g/mol. The predicted octanol–water partition coefficient (Wildman–Crippen LogP) is 3.49. The van der Waals surface area contributed by atoms with Crippen molar-refractivity contribution >= 4 is 11.7 Å². The Balaban J connectivity index is 2.69. The number of carboxylic acid groups (broad SMARTS) is 1. The summed E-state index contributed by atoms with van der Waals surface area (Å²) < 4.78 is 43.3. The van der Waals surface area contributed by atoms with Crippen LogP contribution < -0.4 is 5.32 Å². The Morgan fingerprint density at radius 3 is 2.57 bits per heavy atom. The number of anilines is 1. The van der Waals surface area contributed by atoms with E-state index in [2.05, 4.69) is 5.32 Å². The van der Waals surface area contributed by atoms with Crippen LogP contribution in [-0.2, 0) is 10.9 Å².